The maximum Gasteiger partial charge on any atom is 0.189 e. The number of aryl methyl sites for hydroxylation is 1. The normalized spacial score (nSPS) is 10.2. The van der Waals surface area contributed by atoms with E-state index in [1.54, 1.807) is 0 Å². The van der Waals surface area contributed by atoms with E-state index in [0.29, 0.717) is 16.1 Å². The molecular weight excluding hydrogens is 348 g/mol. The summed E-state index contributed by atoms with van der Waals surface area (Å²) in [6, 6.07) is 16.3. The van der Waals surface area contributed by atoms with Crippen LogP contribution < -0.4 is 21.5 Å². The Labute approximate surface area is 160 Å². The van der Waals surface area contributed by atoms with Crippen LogP contribution in [0.5, 0.6) is 0 Å². The molecule has 4 nitrogen and oxygen atoms in total. The lowest BCUT2D eigenvalue weighted by atomic mass is 10.0. The van der Waals surface area contributed by atoms with Gasteiger partial charge in [0.15, 0.2) is 10.2 Å². The number of benzene rings is 2. The van der Waals surface area contributed by atoms with Gasteiger partial charge in [0.25, 0.3) is 0 Å². The zero-order chi connectivity index (χ0) is 18.2. The largest absolute Gasteiger partial charge is 0.331 e. The molecule has 0 aromatic heterocycles. The molecule has 132 valence electrons. The van der Waals surface area contributed by atoms with Crippen LogP contribution in [0, 0.1) is 0 Å². The fraction of sp³-hybridized carbons (Fsp3) is 0.263. The van der Waals surface area contributed by atoms with Gasteiger partial charge in [-0.1, -0.05) is 51.1 Å². The minimum Gasteiger partial charge on any atom is -0.331 e. The number of rotatable bonds is 4. The molecule has 0 bridgehead atoms. The maximum absolute atomic E-state index is 5.30. The van der Waals surface area contributed by atoms with Crippen molar-refractivity contribution in [2.45, 2.75) is 33.1 Å². The first-order chi connectivity index (χ1) is 12.0. The van der Waals surface area contributed by atoms with Gasteiger partial charge in [-0.15, -0.1) is 0 Å². The van der Waals surface area contributed by atoms with E-state index >= 15 is 0 Å². The molecule has 0 heterocycles. The van der Waals surface area contributed by atoms with Crippen LogP contribution in [-0.2, 0) is 6.42 Å². The molecule has 0 atom stereocenters. The third-order valence-electron chi connectivity index (χ3n) is 3.77. The fourth-order valence-electron chi connectivity index (χ4n) is 2.33. The second kappa shape index (κ2) is 9.34. The minimum atomic E-state index is 0.449. The van der Waals surface area contributed by atoms with Gasteiger partial charge in [0.1, 0.15) is 0 Å². The quantitative estimate of drug-likeness (QED) is 0.466. The van der Waals surface area contributed by atoms with Crippen LogP contribution in [0.3, 0.4) is 0 Å². The summed E-state index contributed by atoms with van der Waals surface area (Å²) in [5.41, 5.74) is 10.2. The van der Waals surface area contributed by atoms with Crippen molar-refractivity contribution in [1.82, 2.24) is 10.9 Å². The van der Waals surface area contributed by atoms with E-state index in [1.807, 2.05) is 30.3 Å². The summed E-state index contributed by atoms with van der Waals surface area (Å²) in [4.78, 5) is 0. The summed E-state index contributed by atoms with van der Waals surface area (Å²) < 4.78 is 0. The second-order valence-corrected chi connectivity index (χ2v) is 6.76. The Balaban J connectivity index is 1.82. The Morgan fingerprint density at radius 3 is 2.08 bits per heavy atom. The van der Waals surface area contributed by atoms with Crippen LogP contribution in [0.25, 0.3) is 0 Å². The lowest BCUT2D eigenvalue weighted by molar-refractivity contribution is 0.866. The third kappa shape index (κ3) is 5.99. The van der Waals surface area contributed by atoms with Crippen LogP contribution in [0.4, 0.5) is 11.4 Å². The van der Waals surface area contributed by atoms with Gasteiger partial charge in [0.2, 0.25) is 0 Å². The average molecular weight is 373 g/mol. The number of thiocarbonyl (C=S) groups is 2. The average Bonchev–Trinajstić information content (AvgIpc) is 2.61. The first-order valence-corrected chi connectivity index (χ1v) is 9.13. The van der Waals surface area contributed by atoms with Crippen molar-refractivity contribution < 1.29 is 0 Å². The number of hydrazine groups is 1. The standard InChI is InChI=1S/C19H24N4S2/c1-4-14-7-5-6-8-17(14)21-19(25)23-22-18(24)20-16-11-9-15(10-12-16)13(2)3/h5-13H,4H2,1-3H3,(H2,20,22,24)(H2,21,23,25). The molecule has 0 saturated heterocycles. The van der Waals surface area contributed by atoms with Gasteiger partial charge >= 0.3 is 0 Å². The van der Waals surface area contributed by atoms with Crippen LogP contribution >= 0.6 is 24.4 Å². The highest BCUT2D eigenvalue weighted by molar-refractivity contribution is 7.81. The molecule has 0 aliphatic rings. The molecule has 0 aliphatic carbocycles. The number of hydrogen-bond acceptors (Lipinski definition) is 2. The highest BCUT2D eigenvalue weighted by Crippen LogP contribution is 2.17. The Bertz CT molecular complexity index is 726. The minimum absolute atomic E-state index is 0.449. The number of para-hydroxylation sites is 1. The first-order valence-electron chi connectivity index (χ1n) is 8.31. The summed E-state index contributed by atoms with van der Waals surface area (Å²) in [5.74, 6) is 0.509. The smallest absolute Gasteiger partial charge is 0.189 e. The van der Waals surface area contributed by atoms with E-state index in [-0.39, 0.29) is 0 Å². The molecule has 25 heavy (non-hydrogen) atoms. The molecule has 0 radical (unpaired) electrons. The van der Waals surface area contributed by atoms with E-state index < -0.39 is 0 Å². The van der Waals surface area contributed by atoms with Crippen LogP contribution in [0.1, 0.15) is 37.8 Å². The maximum atomic E-state index is 5.30. The Hall–Kier alpha value is -2.18. The van der Waals surface area contributed by atoms with Gasteiger partial charge in [-0.2, -0.15) is 0 Å². The third-order valence-corrected chi connectivity index (χ3v) is 4.18. The van der Waals surface area contributed by atoms with Crippen LogP contribution in [-0.4, -0.2) is 10.2 Å². The molecule has 0 spiro atoms. The van der Waals surface area contributed by atoms with E-state index in [0.717, 1.165) is 17.8 Å². The lowest BCUT2D eigenvalue weighted by Crippen LogP contribution is -2.45. The van der Waals surface area contributed by atoms with Gasteiger partial charge < -0.3 is 10.6 Å². The molecule has 6 heteroatoms. The first kappa shape index (κ1) is 19.1. The molecule has 0 aliphatic heterocycles. The Kier molecular flexibility index (Phi) is 7.16. The number of hydrogen-bond donors (Lipinski definition) is 4. The molecule has 0 unspecified atom stereocenters. The monoisotopic (exact) mass is 372 g/mol. The summed E-state index contributed by atoms with van der Waals surface area (Å²) in [6.07, 6.45) is 0.936. The molecule has 4 N–H and O–H groups in total. The molecule has 2 aromatic rings. The van der Waals surface area contributed by atoms with E-state index in [4.69, 9.17) is 24.4 Å². The highest BCUT2D eigenvalue weighted by Gasteiger charge is 2.04. The summed E-state index contributed by atoms with van der Waals surface area (Å²) >= 11 is 10.6. The molecule has 0 amide bonds. The fourth-order valence-corrected chi connectivity index (χ4v) is 2.66. The van der Waals surface area contributed by atoms with Crippen molar-refractivity contribution >= 4 is 46.0 Å². The molecule has 0 saturated carbocycles. The van der Waals surface area contributed by atoms with Crippen molar-refractivity contribution in [2.24, 2.45) is 0 Å². The van der Waals surface area contributed by atoms with Gasteiger partial charge in [-0.3, -0.25) is 10.9 Å². The van der Waals surface area contributed by atoms with Crippen molar-refractivity contribution in [3.8, 4) is 0 Å². The predicted octanol–water partition coefficient (Wildman–Crippen LogP) is 4.56. The molecule has 2 rings (SSSR count). The summed E-state index contributed by atoms with van der Waals surface area (Å²) in [5, 5.41) is 7.20. The van der Waals surface area contributed by atoms with Crippen molar-refractivity contribution in [2.75, 3.05) is 10.6 Å². The van der Waals surface area contributed by atoms with Crippen LogP contribution in [0.15, 0.2) is 48.5 Å². The lowest BCUT2D eigenvalue weighted by Gasteiger charge is -2.16. The van der Waals surface area contributed by atoms with Crippen molar-refractivity contribution in [3.63, 3.8) is 0 Å². The van der Waals surface area contributed by atoms with Crippen molar-refractivity contribution in [1.29, 1.82) is 0 Å². The zero-order valence-electron chi connectivity index (χ0n) is 14.7. The number of anilines is 2. The topological polar surface area (TPSA) is 48.1 Å². The second-order valence-electron chi connectivity index (χ2n) is 5.95. The molecule has 0 fully saturated rings. The molecular formula is C19H24N4S2. The SMILES string of the molecule is CCc1ccccc1NC(=S)NNC(=S)Nc1ccc(C(C)C)cc1. The summed E-state index contributed by atoms with van der Waals surface area (Å²) in [7, 11) is 0. The van der Waals surface area contributed by atoms with E-state index in [9.17, 15) is 0 Å². The van der Waals surface area contributed by atoms with Crippen molar-refractivity contribution in [3.05, 3.63) is 59.7 Å². The Morgan fingerprint density at radius 2 is 1.48 bits per heavy atom. The Morgan fingerprint density at radius 1 is 0.880 bits per heavy atom. The van der Waals surface area contributed by atoms with Crippen LogP contribution in [0.2, 0.25) is 0 Å². The molecule has 2 aromatic carbocycles. The van der Waals surface area contributed by atoms with Gasteiger partial charge in [-0.25, -0.2) is 0 Å². The predicted molar refractivity (Wildman–Crippen MR) is 115 cm³/mol. The van der Waals surface area contributed by atoms with E-state index in [1.165, 1.54) is 11.1 Å². The summed E-state index contributed by atoms with van der Waals surface area (Å²) in [6.45, 7) is 6.45. The number of nitrogens with one attached hydrogen (secondary N) is 4. The van der Waals surface area contributed by atoms with Gasteiger partial charge in [0, 0.05) is 11.4 Å². The van der Waals surface area contributed by atoms with Gasteiger partial charge in [-0.05, 0) is 66.1 Å². The van der Waals surface area contributed by atoms with E-state index in [2.05, 4.69) is 60.5 Å². The van der Waals surface area contributed by atoms with Gasteiger partial charge in [0.05, 0.1) is 0 Å². The highest BCUT2D eigenvalue weighted by atomic mass is 32.1. The zero-order valence-corrected chi connectivity index (χ0v) is 16.4.